The number of halogens is 2. The Kier molecular flexibility index (Phi) is 4.01. The predicted molar refractivity (Wildman–Crippen MR) is 46.6 cm³/mol. The second-order valence-corrected chi connectivity index (χ2v) is 3.78. The summed E-state index contributed by atoms with van der Waals surface area (Å²) in [6.07, 6.45) is -2.81. The number of aromatic nitrogens is 2. The molecule has 1 rings (SSSR count). The zero-order chi connectivity index (χ0) is 11.4. The van der Waals surface area contributed by atoms with E-state index in [1.165, 1.54) is 7.11 Å². The fourth-order valence-electron chi connectivity index (χ4n) is 0.721. The first-order valence-corrected chi connectivity index (χ1v) is 4.78. The predicted octanol–water partition coefficient (Wildman–Crippen LogP) is 1.66. The number of ether oxygens (including phenoxy) is 1. The highest BCUT2D eigenvalue weighted by molar-refractivity contribution is 8.00. The van der Waals surface area contributed by atoms with Gasteiger partial charge < -0.3 is 9.15 Å². The summed E-state index contributed by atoms with van der Waals surface area (Å²) in [5.74, 6) is -1.24. The van der Waals surface area contributed by atoms with Crippen LogP contribution in [0, 0.1) is 0 Å². The quantitative estimate of drug-likeness (QED) is 0.587. The Morgan fingerprint density at radius 2 is 2.20 bits per heavy atom. The molecule has 1 atom stereocenters. The Balaban J connectivity index is 2.61. The monoisotopic (exact) mass is 238 g/mol. The number of alkyl halides is 2. The fraction of sp³-hybridized carbons (Fsp3) is 0.571. The van der Waals surface area contributed by atoms with Crippen LogP contribution in [0.1, 0.15) is 19.2 Å². The van der Waals surface area contributed by atoms with Crippen LogP contribution >= 0.6 is 11.8 Å². The Hall–Kier alpha value is -1.18. The number of hydrogen-bond donors (Lipinski definition) is 0. The van der Waals surface area contributed by atoms with Crippen LogP contribution in [-0.4, -0.2) is 28.5 Å². The smallest absolute Gasteiger partial charge is 0.319 e. The first-order chi connectivity index (χ1) is 7.04. The minimum absolute atomic E-state index is 0.0804. The molecule has 0 aromatic carbocycles. The first kappa shape index (κ1) is 11.9. The van der Waals surface area contributed by atoms with Crippen LogP contribution in [0.5, 0.6) is 0 Å². The molecule has 1 unspecified atom stereocenters. The van der Waals surface area contributed by atoms with Gasteiger partial charge in [0.05, 0.1) is 7.11 Å². The molecule has 0 spiro atoms. The second kappa shape index (κ2) is 5.06. The number of nitrogens with zero attached hydrogens (tertiary/aromatic N) is 2. The Bertz CT molecular complexity index is 345. The van der Waals surface area contributed by atoms with Crippen LogP contribution in [0.2, 0.25) is 0 Å². The molecular formula is C7H8F2N2O3S. The van der Waals surface area contributed by atoms with Gasteiger partial charge in [-0.3, -0.25) is 4.79 Å². The molecule has 0 aliphatic rings. The van der Waals surface area contributed by atoms with E-state index in [1.54, 1.807) is 6.92 Å². The van der Waals surface area contributed by atoms with E-state index in [2.05, 4.69) is 19.4 Å². The average molecular weight is 238 g/mol. The van der Waals surface area contributed by atoms with Crippen molar-refractivity contribution in [2.24, 2.45) is 0 Å². The van der Waals surface area contributed by atoms with Gasteiger partial charge in [-0.2, -0.15) is 8.78 Å². The van der Waals surface area contributed by atoms with E-state index < -0.39 is 23.5 Å². The highest BCUT2D eigenvalue weighted by atomic mass is 32.2. The van der Waals surface area contributed by atoms with Crippen molar-refractivity contribution in [3.63, 3.8) is 0 Å². The summed E-state index contributed by atoms with van der Waals surface area (Å²) in [5, 5.41) is 5.80. The number of carbonyl (C=O) groups is 1. The van der Waals surface area contributed by atoms with Gasteiger partial charge in [0.2, 0.25) is 0 Å². The molecule has 84 valence electrons. The molecule has 1 aromatic rings. The van der Waals surface area contributed by atoms with Crippen LogP contribution in [0.4, 0.5) is 8.78 Å². The number of esters is 1. The Labute approximate surface area is 88.2 Å². The van der Waals surface area contributed by atoms with Gasteiger partial charge in [0.1, 0.15) is 5.25 Å². The standard InChI is InChI=1S/C7H8F2N2O3S/c1-3(6(12)13-2)15-7-11-10-5(14-7)4(8)9/h3-4H,1-2H3. The third-order valence-corrected chi connectivity index (χ3v) is 2.33. The molecule has 15 heavy (non-hydrogen) atoms. The van der Waals surface area contributed by atoms with E-state index in [0.717, 1.165) is 11.8 Å². The number of methoxy groups -OCH3 is 1. The first-order valence-electron chi connectivity index (χ1n) is 3.90. The number of carbonyl (C=O) groups excluding carboxylic acids is 1. The van der Waals surface area contributed by atoms with Crippen LogP contribution < -0.4 is 0 Å². The lowest BCUT2D eigenvalue weighted by molar-refractivity contribution is -0.139. The zero-order valence-electron chi connectivity index (χ0n) is 7.94. The lowest BCUT2D eigenvalue weighted by Gasteiger charge is -2.04. The molecule has 0 saturated heterocycles. The molecule has 0 amide bonds. The highest BCUT2D eigenvalue weighted by Gasteiger charge is 2.21. The summed E-state index contributed by atoms with van der Waals surface area (Å²) in [5.41, 5.74) is 0. The third-order valence-electron chi connectivity index (χ3n) is 1.42. The average Bonchev–Trinajstić information content (AvgIpc) is 2.65. The van der Waals surface area contributed by atoms with Gasteiger partial charge in [-0.25, -0.2) is 0 Å². The molecule has 0 radical (unpaired) electrons. The Morgan fingerprint density at radius 3 is 2.67 bits per heavy atom. The molecule has 8 heteroatoms. The van der Waals surface area contributed by atoms with Crippen molar-refractivity contribution in [1.29, 1.82) is 0 Å². The van der Waals surface area contributed by atoms with E-state index in [9.17, 15) is 13.6 Å². The van der Waals surface area contributed by atoms with Crippen molar-refractivity contribution >= 4 is 17.7 Å². The molecule has 1 heterocycles. The van der Waals surface area contributed by atoms with Gasteiger partial charge in [-0.1, -0.05) is 11.8 Å². The third kappa shape index (κ3) is 3.15. The number of thioether (sulfide) groups is 1. The summed E-state index contributed by atoms with van der Waals surface area (Å²) >= 11 is 0.866. The van der Waals surface area contributed by atoms with Crippen molar-refractivity contribution in [3.05, 3.63) is 5.89 Å². The summed E-state index contributed by atoms with van der Waals surface area (Å²) in [6.45, 7) is 1.54. The lowest BCUT2D eigenvalue weighted by atomic mass is 10.5. The maximum absolute atomic E-state index is 12.0. The van der Waals surface area contributed by atoms with E-state index in [1.807, 2.05) is 0 Å². The second-order valence-electron chi connectivity index (χ2n) is 2.49. The highest BCUT2D eigenvalue weighted by Crippen LogP contribution is 2.25. The molecule has 0 saturated carbocycles. The number of hydrogen-bond acceptors (Lipinski definition) is 6. The molecular weight excluding hydrogens is 230 g/mol. The van der Waals surface area contributed by atoms with E-state index in [4.69, 9.17) is 0 Å². The van der Waals surface area contributed by atoms with Gasteiger partial charge in [0.25, 0.3) is 11.1 Å². The number of rotatable bonds is 4. The van der Waals surface area contributed by atoms with Crippen molar-refractivity contribution in [2.75, 3.05) is 7.11 Å². The van der Waals surface area contributed by atoms with Crippen molar-refractivity contribution in [2.45, 2.75) is 23.8 Å². The maximum Gasteiger partial charge on any atom is 0.319 e. The topological polar surface area (TPSA) is 65.2 Å². The van der Waals surface area contributed by atoms with Crippen molar-refractivity contribution in [1.82, 2.24) is 10.2 Å². The summed E-state index contributed by atoms with van der Waals surface area (Å²) < 4.78 is 33.1. The van der Waals surface area contributed by atoms with E-state index in [0.29, 0.717) is 0 Å². The van der Waals surface area contributed by atoms with E-state index in [-0.39, 0.29) is 5.22 Å². The minimum Gasteiger partial charge on any atom is -0.468 e. The van der Waals surface area contributed by atoms with Crippen LogP contribution in [0.3, 0.4) is 0 Å². The molecule has 0 fully saturated rings. The van der Waals surface area contributed by atoms with Gasteiger partial charge in [0, 0.05) is 0 Å². The summed E-state index contributed by atoms with van der Waals surface area (Å²) in [4.78, 5) is 11.0. The fourth-order valence-corrected chi connectivity index (χ4v) is 1.44. The molecule has 1 aromatic heterocycles. The molecule has 5 nitrogen and oxygen atoms in total. The minimum atomic E-state index is -2.81. The lowest BCUT2D eigenvalue weighted by Crippen LogP contribution is -2.14. The zero-order valence-corrected chi connectivity index (χ0v) is 8.75. The molecule has 0 aliphatic heterocycles. The van der Waals surface area contributed by atoms with Crippen molar-refractivity contribution in [3.8, 4) is 0 Å². The van der Waals surface area contributed by atoms with Gasteiger partial charge in [0.15, 0.2) is 0 Å². The maximum atomic E-state index is 12.0. The van der Waals surface area contributed by atoms with Crippen LogP contribution in [-0.2, 0) is 9.53 Å². The van der Waals surface area contributed by atoms with E-state index >= 15 is 0 Å². The van der Waals surface area contributed by atoms with Gasteiger partial charge in [-0.05, 0) is 6.92 Å². The van der Waals surface area contributed by atoms with Crippen molar-refractivity contribution < 1.29 is 22.7 Å². The summed E-state index contributed by atoms with van der Waals surface area (Å²) in [6, 6.07) is 0. The van der Waals surface area contributed by atoms with Gasteiger partial charge >= 0.3 is 12.4 Å². The van der Waals surface area contributed by atoms with Crippen LogP contribution in [0.25, 0.3) is 0 Å². The molecule has 0 bridgehead atoms. The van der Waals surface area contributed by atoms with Gasteiger partial charge in [-0.15, -0.1) is 10.2 Å². The molecule has 0 aliphatic carbocycles. The SMILES string of the molecule is COC(=O)C(C)Sc1nnc(C(F)F)o1. The molecule has 0 N–H and O–H groups in total. The normalized spacial score (nSPS) is 12.9. The Morgan fingerprint density at radius 1 is 1.53 bits per heavy atom. The largest absolute Gasteiger partial charge is 0.468 e. The summed E-state index contributed by atoms with van der Waals surface area (Å²) in [7, 11) is 1.23. The van der Waals surface area contributed by atoms with Crippen LogP contribution in [0.15, 0.2) is 9.64 Å².